The maximum absolute atomic E-state index is 12.3. The van der Waals surface area contributed by atoms with E-state index in [-0.39, 0.29) is 18.2 Å². The van der Waals surface area contributed by atoms with Gasteiger partial charge in [-0.15, -0.1) is 0 Å². The monoisotopic (exact) mass is 380 g/mol. The van der Waals surface area contributed by atoms with Gasteiger partial charge in [0.25, 0.3) is 0 Å². The Bertz CT molecular complexity index is 830. The lowest BCUT2D eigenvalue weighted by atomic mass is 10.1. The lowest BCUT2D eigenvalue weighted by Crippen LogP contribution is -2.36. The second-order valence-corrected chi connectivity index (χ2v) is 7.04. The number of rotatable bonds is 5. The molecule has 7 nitrogen and oxygen atoms in total. The lowest BCUT2D eigenvalue weighted by molar-refractivity contribution is -0.117. The van der Waals surface area contributed by atoms with Gasteiger partial charge < -0.3 is 19.9 Å². The summed E-state index contributed by atoms with van der Waals surface area (Å²) in [7, 11) is 0. The summed E-state index contributed by atoms with van der Waals surface area (Å²) in [6.07, 6.45) is 3.56. The van der Waals surface area contributed by atoms with Crippen molar-refractivity contribution in [2.24, 2.45) is 0 Å². The van der Waals surface area contributed by atoms with Crippen LogP contribution in [0.2, 0.25) is 0 Å². The first-order valence-electron chi connectivity index (χ1n) is 9.67. The molecule has 1 aromatic heterocycles. The standard InChI is InChI=1S/C21H24N4O3/c26-20(14-16-3-5-17(6-4-16)25-9-1-2-21(25)27)23-19-8-7-18(15-22-19)24-10-12-28-13-11-24/h3-8,15H,1-2,9-14H2,(H,22,23,26). The van der Waals surface area contributed by atoms with Crippen molar-refractivity contribution >= 4 is 29.0 Å². The highest BCUT2D eigenvalue weighted by Crippen LogP contribution is 2.22. The van der Waals surface area contributed by atoms with Gasteiger partial charge in [-0.1, -0.05) is 12.1 Å². The molecule has 3 heterocycles. The summed E-state index contributed by atoms with van der Waals surface area (Å²) in [5.74, 6) is 0.593. The van der Waals surface area contributed by atoms with Gasteiger partial charge in [0.2, 0.25) is 11.8 Å². The number of carbonyl (C=O) groups excluding carboxylic acids is 2. The molecule has 0 spiro atoms. The van der Waals surface area contributed by atoms with Gasteiger partial charge in [-0.25, -0.2) is 4.98 Å². The lowest BCUT2D eigenvalue weighted by Gasteiger charge is -2.28. The molecule has 2 aromatic rings. The van der Waals surface area contributed by atoms with Gasteiger partial charge in [0.15, 0.2) is 0 Å². The van der Waals surface area contributed by atoms with Crippen molar-refractivity contribution in [1.82, 2.24) is 4.98 Å². The van der Waals surface area contributed by atoms with Gasteiger partial charge in [0, 0.05) is 31.7 Å². The Labute approximate surface area is 164 Å². The number of aromatic nitrogens is 1. The second-order valence-electron chi connectivity index (χ2n) is 7.04. The van der Waals surface area contributed by atoms with Crippen molar-refractivity contribution in [3.63, 3.8) is 0 Å². The number of nitrogens with zero attached hydrogens (tertiary/aromatic N) is 3. The van der Waals surface area contributed by atoms with Gasteiger partial charge in [0.1, 0.15) is 5.82 Å². The van der Waals surface area contributed by atoms with Crippen molar-refractivity contribution < 1.29 is 14.3 Å². The molecule has 2 aliphatic heterocycles. The third-order valence-corrected chi connectivity index (χ3v) is 5.08. The van der Waals surface area contributed by atoms with Crippen LogP contribution in [0.4, 0.5) is 17.2 Å². The molecule has 0 aliphatic carbocycles. The van der Waals surface area contributed by atoms with Crippen molar-refractivity contribution in [1.29, 1.82) is 0 Å². The molecule has 0 saturated carbocycles. The van der Waals surface area contributed by atoms with E-state index in [0.29, 0.717) is 12.2 Å². The second kappa shape index (κ2) is 8.39. The van der Waals surface area contributed by atoms with Crippen LogP contribution < -0.4 is 15.1 Å². The molecular formula is C21H24N4O3. The Hall–Kier alpha value is -2.93. The minimum absolute atomic E-state index is 0.114. The summed E-state index contributed by atoms with van der Waals surface area (Å²) in [5.41, 5.74) is 2.83. The molecule has 1 aromatic carbocycles. The van der Waals surface area contributed by atoms with E-state index < -0.39 is 0 Å². The molecule has 146 valence electrons. The van der Waals surface area contributed by atoms with Crippen LogP contribution in [0, 0.1) is 0 Å². The molecule has 0 atom stereocenters. The molecular weight excluding hydrogens is 356 g/mol. The number of ether oxygens (including phenoxy) is 1. The Morgan fingerprint density at radius 2 is 1.79 bits per heavy atom. The van der Waals surface area contributed by atoms with E-state index in [1.54, 1.807) is 11.1 Å². The SMILES string of the molecule is O=C(Cc1ccc(N2CCCC2=O)cc1)Nc1ccc(N2CCOCC2)cn1. The van der Waals surface area contributed by atoms with E-state index in [1.807, 2.05) is 36.4 Å². The molecule has 28 heavy (non-hydrogen) atoms. The number of carbonyl (C=O) groups is 2. The van der Waals surface area contributed by atoms with Crippen LogP contribution >= 0.6 is 0 Å². The van der Waals surface area contributed by atoms with Crippen LogP contribution in [-0.4, -0.2) is 49.6 Å². The largest absolute Gasteiger partial charge is 0.378 e. The number of hydrogen-bond donors (Lipinski definition) is 1. The Morgan fingerprint density at radius 1 is 1.04 bits per heavy atom. The van der Waals surface area contributed by atoms with Crippen LogP contribution in [0.5, 0.6) is 0 Å². The third kappa shape index (κ3) is 4.31. The maximum atomic E-state index is 12.3. The topological polar surface area (TPSA) is 74.8 Å². The molecule has 2 aliphatic rings. The number of amides is 2. The average molecular weight is 380 g/mol. The van der Waals surface area contributed by atoms with Crippen molar-refractivity contribution in [3.8, 4) is 0 Å². The molecule has 0 bridgehead atoms. The number of morpholine rings is 1. The van der Waals surface area contributed by atoms with Crippen LogP contribution in [0.25, 0.3) is 0 Å². The van der Waals surface area contributed by atoms with Crippen LogP contribution in [-0.2, 0) is 20.7 Å². The first-order chi connectivity index (χ1) is 13.7. The highest BCUT2D eigenvalue weighted by atomic mass is 16.5. The zero-order chi connectivity index (χ0) is 19.3. The van der Waals surface area contributed by atoms with Gasteiger partial charge in [-0.2, -0.15) is 0 Å². The molecule has 4 rings (SSSR count). The quantitative estimate of drug-likeness (QED) is 0.861. The molecule has 2 fully saturated rings. The number of hydrogen-bond acceptors (Lipinski definition) is 5. The van der Waals surface area contributed by atoms with Crippen molar-refractivity contribution in [2.45, 2.75) is 19.3 Å². The van der Waals surface area contributed by atoms with E-state index >= 15 is 0 Å². The number of pyridine rings is 1. The number of anilines is 3. The first-order valence-corrected chi connectivity index (χ1v) is 9.67. The smallest absolute Gasteiger partial charge is 0.229 e. The molecule has 0 radical (unpaired) electrons. The summed E-state index contributed by atoms with van der Waals surface area (Å²) >= 11 is 0. The Morgan fingerprint density at radius 3 is 2.43 bits per heavy atom. The summed E-state index contributed by atoms with van der Waals surface area (Å²) in [4.78, 5) is 32.5. The molecule has 0 unspecified atom stereocenters. The zero-order valence-electron chi connectivity index (χ0n) is 15.8. The Kier molecular flexibility index (Phi) is 5.53. The van der Waals surface area contributed by atoms with Crippen LogP contribution in [0.3, 0.4) is 0 Å². The molecule has 2 amide bonds. The average Bonchev–Trinajstić information content (AvgIpc) is 3.16. The van der Waals surface area contributed by atoms with E-state index in [2.05, 4.69) is 15.2 Å². The van der Waals surface area contributed by atoms with Gasteiger partial charge in [-0.3, -0.25) is 9.59 Å². The first kappa shape index (κ1) is 18.4. The van der Waals surface area contributed by atoms with Crippen LogP contribution in [0.1, 0.15) is 18.4 Å². The Balaban J connectivity index is 1.32. The van der Waals surface area contributed by atoms with E-state index in [9.17, 15) is 9.59 Å². The summed E-state index contributed by atoms with van der Waals surface area (Å²) in [5, 5.41) is 2.84. The summed E-state index contributed by atoms with van der Waals surface area (Å²) in [6, 6.07) is 11.4. The normalized spacial score (nSPS) is 17.1. The fourth-order valence-electron chi connectivity index (χ4n) is 3.56. The van der Waals surface area contributed by atoms with Crippen molar-refractivity contribution in [2.75, 3.05) is 48.0 Å². The number of nitrogens with one attached hydrogen (secondary N) is 1. The van der Waals surface area contributed by atoms with E-state index in [4.69, 9.17) is 4.74 Å². The van der Waals surface area contributed by atoms with Crippen LogP contribution in [0.15, 0.2) is 42.6 Å². The molecule has 2 saturated heterocycles. The number of benzene rings is 1. The molecule has 7 heteroatoms. The maximum Gasteiger partial charge on any atom is 0.229 e. The zero-order valence-corrected chi connectivity index (χ0v) is 15.8. The van der Waals surface area contributed by atoms with E-state index in [0.717, 1.165) is 56.2 Å². The predicted octanol–water partition coefficient (Wildman–Crippen LogP) is 2.23. The summed E-state index contributed by atoms with van der Waals surface area (Å²) < 4.78 is 5.36. The van der Waals surface area contributed by atoms with Gasteiger partial charge in [-0.05, 0) is 36.2 Å². The van der Waals surface area contributed by atoms with E-state index in [1.165, 1.54) is 0 Å². The minimum atomic E-state index is -0.114. The minimum Gasteiger partial charge on any atom is -0.378 e. The fourth-order valence-corrected chi connectivity index (χ4v) is 3.56. The third-order valence-electron chi connectivity index (χ3n) is 5.08. The molecule has 1 N–H and O–H groups in total. The van der Waals surface area contributed by atoms with Crippen molar-refractivity contribution in [3.05, 3.63) is 48.2 Å². The highest BCUT2D eigenvalue weighted by molar-refractivity contribution is 5.95. The van der Waals surface area contributed by atoms with Gasteiger partial charge in [0.05, 0.1) is 31.5 Å². The van der Waals surface area contributed by atoms with Gasteiger partial charge >= 0.3 is 0 Å². The predicted molar refractivity (Wildman–Crippen MR) is 108 cm³/mol. The summed E-state index contributed by atoms with van der Waals surface area (Å²) in [6.45, 7) is 3.93. The fraction of sp³-hybridized carbons (Fsp3) is 0.381. The highest BCUT2D eigenvalue weighted by Gasteiger charge is 2.21.